The van der Waals surface area contributed by atoms with Crippen LogP contribution in [0.25, 0.3) is 11.1 Å². The van der Waals surface area contributed by atoms with E-state index in [1.807, 2.05) is 67.6 Å². The summed E-state index contributed by atoms with van der Waals surface area (Å²) in [4.78, 5) is 26.0. The Hall–Kier alpha value is -3.04. The van der Waals surface area contributed by atoms with Crippen LogP contribution in [0.5, 0.6) is 0 Å². The molecule has 3 nitrogen and oxygen atoms in total. The molecule has 0 radical (unpaired) electrons. The van der Waals surface area contributed by atoms with E-state index in [-0.39, 0.29) is 11.6 Å². The Morgan fingerprint density at radius 2 is 1.52 bits per heavy atom. The highest BCUT2D eigenvalue weighted by atomic mass is 16.5. The minimum absolute atomic E-state index is 0.110. The van der Waals surface area contributed by atoms with E-state index in [1.54, 1.807) is 13.2 Å². The smallest absolute Gasteiger partial charge is 0.178 e. The Morgan fingerprint density at radius 3 is 2.30 bits per heavy atom. The maximum Gasteiger partial charge on any atom is 0.178 e. The van der Waals surface area contributed by atoms with Crippen molar-refractivity contribution in [2.75, 3.05) is 7.11 Å². The Bertz CT molecular complexity index is 1050. The van der Waals surface area contributed by atoms with E-state index >= 15 is 0 Å². The number of rotatable bonds is 4. The number of carbonyl (C=O) groups excluding carboxylic acids is 2. The number of carbonyl (C=O) groups is 2. The zero-order valence-electron chi connectivity index (χ0n) is 15.4. The van der Waals surface area contributed by atoms with Gasteiger partial charge in [0.25, 0.3) is 0 Å². The van der Waals surface area contributed by atoms with Crippen LogP contribution in [0.4, 0.5) is 0 Å². The second-order valence-electron chi connectivity index (χ2n) is 6.87. The van der Waals surface area contributed by atoms with Gasteiger partial charge in [0, 0.05) is 18.2 Å². The van der Waals surface area contributed by atoms with E-state index in [4.69, 9.17) is 4.74 Å². The van der Waals surface area contributed by atoms with Gasteiger partial charge in [-0.25, -0.2) is 0 Å². The van der Waals surface area contributed by atoms with Crippen molar-refractivity contribution in [2.24, 2.45) is 0 Å². The Labute approximate surface area is 158 Å². The van der Waals surface area contributed by atoms with Crippen molar-refractivity contribution in [2.45, 2.75) is 19.4 Å². The predicted octanol–water partition coefficient (Wildman–Crippen LogP) is 4.97. The van der Waals surface area contributed by atoms with Crippen LogP contribution in [-0.2, 0) is 11.3 Å². The van der Waals surface area contributed by atoms with Crippen LogP contribution in [0, 0.1) is 6.92 Å². The van der Waals surface area contributed by atoms with E-state index < -0.39 is 5.92 Å². The maximum atomic E-state index is 13.1. The van der Waals surface area contributed by atoms with Crippen LogP contribution < -0.4 is 0 Å². The fourth-order valence-corrected chi connectivity index (χ4v) is 3.84. The second kappa shape index (κ2) is 6.93. The molecule has 0 heterocycles. The van der Waals surface area contributed by atoms with Gasteiger partial charge >= 0.3 is 0 Å². The Kier molecular flexibility index (Phi) is 4.46. The number of aryl methyl sites for hydroxylation is 1. The predicted molar refractivity (Wildman–Crippen MR) is 105 cm³/mol. The standard InChI is InChI=1S/C24H20O3/c1-15-7-3-5-9-18(15)22-23(25)20-12-11-16(13-21(20)24(22)26)19-10-6-4-8-17(19)14-27-2/h3-13,22H,14H2,1-2H3. The van der Waals surface area contributed by atoms with Crippen molar-refractivity contribution in [3.05, 3.63) is 94.5 Å². The summed E-state index contributed by atoms with van der Waals surface area (Å²) in [5.41, 5.74) is 5.77. The molecule has 1 aliphatic rings. The van der Waals surface area contributed by atoms with Crippen molar-refractivity contribution in [3.8, 4) is 11.1 Å². The van der Waals surface area contributed by atoms with Crippen molar-refractivity contribution >= 4 is 11.6 Å². The molecule has 0 aromatic heterocycles. The summed E-state index contributed by atoms with van der Waals surface area (Å²) in [6.45, 7) is 2.43. The molecule has 4 rings (SSSR count). The first-order valence-electron chi connectivity index (χ1n) is 8.97. The number of benzene rings is 3. The fraction of sp³-hybridized carbons (Fsp3) is 0.167. The third-order valence-electron chi connectivity index (χ3n) is 5.20. The van der Waals surface area contributed by atoms with Crippen molar-refractivity contribution in [3.63, 3.8) is 0 Å². The van der Waals surface area contributed by atoms with Crippen LogP contribution in [-0.4, -0.2) is 18.7 Å². The normalized spacial score (nSPS) is 15.9. The number of hydrogen-bond acceptors (Lipinski definition) is 3. The molecule has 0 bridgehead atoms. The number of hydrogen-bond donors (Lipinski definition) is 0. The minimum Gasteiger partial charge on any atom is -0.380 e. The highest BCUT2D eigenvalue weighted by Crippen LogP contribution is 2.37. The van der Waals surface area contributed by atoms with Gasteiger partial charge in [-0.2, -0.15) is 0 Å². The van der Waals surface area contributed by atoms with Gasteiger partial charge < -0.3 is 4.74 Å². The summed E-state index contributed by atoms with van der Waals surface area (Å²) in [5.74, 6) is -0.956. The number of fused-ring (bicyclic) bond motifs is 1. The van der Waals surface area contributed by atoms with E-state index in [9.17, 15) is 9.59 Å². The molecule has 0 spiro atoms. The molecule has 1 atom stereocenters. The summed E-state index contributed by atoms with van der Waals surface area (Å²) in [5, 5.41) is 0. The number of Topliss-reactive ketones (excluding diaryl/α,β-unsaturated/α-hetero) is 2. The lowest BCUT2D eigenvalue weighted by molar-refractivity contribution is 0.0889. The molecule has 3 heteroatoms. The van der Waals surface area contributed by atoms with Gasteiger partial charge in [-0.3, -0.25) is 9.59 Å². The fourth-order valence-electron chi connectivity index (χ4n) is 3.84. The first-order chi connectivity index (χ1) is 13.1. The van der Waals surface area contributed by atoms with Crippen LogP contribution in [0.2, 0.25) is 0 Å². The van der Waals surface area contributed by atoms with Gasteiger partial charge in [0.15, 0.2) is 11.6 Å². The monoisotopic (exact) mass is 356 g/mol. The molecule has 134 valence electrons. The summed E-state index contributed by atoms with van der Waals surface area (Å²) in [6, 6.07) is 21.1. The molecule has 3 aromatic carbocycles. The molecule has 0 aliphatic heterocycles. The first kappa shape index (κ1) is 17.4. The molecule has 0 N–H and O–H groups in total. The average Bonchev–Trinajstić information content (AvgIpc) is 2.93. The molecule has 1 aliphatic carbocycles. The highest BCUT2D eigenvalue weighted by Gasteiger charge is 2.40. The quantitative estimate of drug-likeness (QED) is 0.620. The Balaban J connectivity index is 1.79. The van der Waals surface area contributed by atoms with Gasteiger partial charge in [-0.1, -0.05) is 60.7 Å². The number of methoxy groups -OCH3 is 1. The van der Waals surface area contributed by atoms with Gasteiger partial charge in [0.1, 0.15) is 5.92 Å². The maximum absolute atomic E-state index is 13.1. The van der Waals surface area contributed by atoms with Gasteiger partial charge in [-0.15, -0.1) is 0 Å². The summed E-state index contributed by atoms with van der Waals surface area (Å²) >= 11 is 0. The molecular weight excluding hydrogens is 336 g/mol. The molecule has 0 saturated carbocycles. The number of ether oxygens (including phenoxy) is 1. The van der Waals surface area contributed by atoms with Crippen molar-refractivity contribution in [1.82, 2.24) is 0 Å². The Morgan fingerprint density at radius 1 is 0.815 bits per heavy atom. The number of ketones is 2. The van der Waals surface area contributed by atoms with Crippen molar-refractivity contribution in [1.29, 1.82) is 0 Å². The van der Waals surface area contributed by atoms with Gasteiger partial charge in [0.05, 0.1) is 6.61 Å². The summed E-state index contributed by atoms with van der Waals surface area (Å²) in [6.07, 6.45) is 0. The molecular formula is C24H20O3. The molecule has 27 heavy (non-hydrogen) atoms. The SMILES string of the molecule is COCc1ccccc1-c1ccc2c(c1)C(=O)C(c1ccccc1C)C2=O. The van der Waals surface area contributed by atoms with Crippen LogP contribution >= 0.6 is 0 Å². The van der Waals surface area contributed by atoms with Gasteiger partial charge in [-0.05, 0) is 40.8 Å². The van der Waals surface area contributed by atoms with Crippen LogP contribution in [0.3, 0.4) is 0 Å². The zero-order chi connectivity index (χ0) is 19.0. The van der Waals surface area contributed by atoms with E-state index in [0.717, 1.165) is 27.8 Å². The second-order valence-corrected chi connectivity index (χ2v) is 6.87. The molecule has 1 unspecified atom stereocenters. The summed E-state index contributed by atoms with van der Waals surface area (Å²) < 4.78 is 5.29. The molecule has 0 amide bonds. The lowest BCUT2D eigenvalue weighted by Gasteiger charge is -2.10. The third-order valence-corrected chi connectivity index (χ3v) is 5.20. The molecule has 0 saturated heterocycles. The minimum atomic E-state index is -0.731. The largest absolute Gasteiger partial charge is 0.380 e. The van der Waals surface area contributed by atoms with E-state index in [1.165, 1.54) is 0 Å². The third kappa shape index (κ3) is 2.90. The first-order valence-corrected chi connectivity index (χ1v) is 8.97. The lowest BCUT2D eigenvalue weighted by Crippen LogP contribution is -2.14. The zero-order valence-corrected chi connectivity index (χ0v) is 15.4. The van der Waals surface area contributed by atoms with Crippen molar-refractivity contribution < 1.29 is 14.3 Å². The van der Waals surface area contributed by atoms with Crippen LogP contribution in [0.15, 0.2) is 66.7 Å². The topological polar surface area (TPSA) is 43.4 Å². The summed E-state index contributed by atoms with van der Waals surface area (Å²) in [7, 11) is 1.66. The average molecular weight is 356 g/mol. The molecule has 3 aromatic rings. The van der Waals surface area contributed by atoms with Gasteiger partial charge in [0.2, 0.25) is 0 Å². The van der Waals surface area contributed by atoms with E-state index in [2.05, 4.69) is 0 Å². The lowest BCUT2D eigenvalue weighted by atomic mass is 9.91. The van der Waals surface area contributed by atoms with E-state index in [0.29, 0.717) is 17.7 Å². The van der Waals surface area contributed by atoms with Crippen LogP contribution in [0.1, 0.15) is 43.3 Å². The highest BCUT2D eigenvalue weighted by molar-refractivity contribution is 6.30. The molecule has 0 fully saturated rings.